The second kappa shape index (κ2) is 11.1. The maximum Gasteiger partial charge on any atom is 0.257 e. The first kappa shape index (κ1) is 24.2. The Morgan fingerprint density at radius 2 is 1.97 bits per heavy atom. The molecule has 0 unspecified atom stereocenters. The third-order valence-corrected chi connectivity index (χ3v) is 7.60. The Morgan fingerprint density at radius 3 is 2.78 bits per heavy atom. The van der Waals surface area contributed by atoms with Gasteiger partial charge in [-0.15, -0.1) is 0 Å². The number of aromatic nitrogens is 1. The molecular formula is C27H29FN4O3S. The van der Waals surface area contributed by atoms with Crippen LogP contribution in [0.25, 0.3) is 10.4 Å². The number of phenolic OH excluding ortho intramolecular Hbond substituents is 1. The standard InChI is InChI=1S/C27H29FN4O3S/c28-23-15-19(13-20(25(23)33)16-30-35-22-9-2-1-3-10-22)26(34)31-27-29-17-24(36-27)18-7-6-8-21(14-18)32-11-4-5-12-32/h6-8,13-17,22,33H,1-5,9-12H2,(H,29,31,34)/b30-16+. The van der Waals surface area contributed by atoms with E-state index in [9.17, 15) is 14.3 Å². The van der Waals surface area contributed by atoms with Gasteiger partial charge in [-0.1, -0.05) is 35.0 Å². The van der Waals surface area contributed by atoms with Gasteiger partial charge >= 0.3 is 0 Å². The molecule has 0 spiro atoms. The van der Waals surface area contributed by atoms with Crippen molar-refractivity contribution in [2.24, 2.45) is 5.16 Å². The number of hydrogen-bond donors (Lipinski definition) is 2. The lowest BCUT2D eigenvalue weighted by atomic mass is 9.98. The van der Waals surface area contributed by atoms with Crippen LogP contribution in [0.4, 0.5) is 15.2 Å². The lowest BCUT2D eigenvalue weighted by Crippen LogP contribution is -2.17. The van der Waals surface area contributed by atoms with Crippen LogP contribution < -0.4 is 10.2 Å². The monoisotopic (exact) mass is 508 g/mol. The number of thiazole rings is 1. The Morgan fingerprint density at radius 1 is 1.17 bits per heavy atom. The average Bonchev–Trinajstić information content (AvgIpc) is 3.60. The van der Waals surface area contributed by atoms with Gasteiger partial charge < -0.3 is 14.8 Å². The first-order valence-electron chi connectivity index (χ1n) is 12.4. The summed E-state index contributed by atoms with van der Waals surface area (Å²) in [6, 6.07) is 10.7. The van der Waals surface area contributed by atoms with Gasteiger partial charge in [0, 0.05) is 36.1 Å². The molecule has 188 valence electrons. The van der Waals surface area contributed by atoms with Crippen molar-refractivity contribution < 1.29 is 19.1 Å². The zero-order valence-electron chi connectivity index (χ0n) is 20.0. The normalized spacial score (nSPS) is 16.5. The summed E-state index contributed by atoms with van der Waals surface area (Å²) >= 11 is 1.35. The van der Waals surface area contributed by atoms with Gasteiger partial charge in [0.15, 0.2) is 16.7 Å². The molecule has 1 amide bonds. The molecule has 1 saturated carbocycles. The zero-order chi connectivity index (χ0) is 24.9. The van der Waals surface area contributed by atoms with Crippen LogP contribution in [0.3, 0.4) is 0 Å². The van der Waals surface area contributed by atoms with E-state index < -0.39 is 17.5 Å². The number of benzene rings is 2. The number of nitrogens with zero attached hydrogens (tertiary/aromatic N) is 3. The highest BCUT2D eigenvalue weighted by atomic mass is 32.1. The van der Waals surface area contributed by atoms with E-state index in [-0.39, 0.29) is 17.2 Å². The molecule has 2 aromatic carbocycles. The van der Waals surface area contributed by atoms with Crippen molar-refractivity contribution in [2.45, 2.75) is 51.0 Å². The minimum Gasteiger partial charge on any atom is -0.504 e. The van der Waals surface area contributed by atoms with Crippen LogP contribution in [-0.2, 0) is 4.84 Å². The fourth-order valence-electron chi connectivity index (χ4n) is 4.66. The van der Waals surface area contributed by atoms with Gasteiger partial charge in [-0.25, -0.2) is 9.37 Å². The molecule has 2 N–H and O–H groups in total. The minimum absolute atomic E-state index is 0.0311. The number of anilines is 2. The predicted molar refractivity (Wildman–Crippen MR) is 141 cm³/mol. The summed E-state index contributed by atoms with van der Waals surface area (Å²) in [5.41, 5.74) is 2.35. The largest absolute Gasteiger partial charge is 0.504 e. The Bertz CT molecular complexity index is 1250. The van der Waals surface area contributed by atoms with Crippen molar-refractivity contribution in [3.05, 3.63) is 59.5 Å². The van der Waals surface area contributed by atoms with Gasteiger partial charge in [0.2, 0.25) is 0 Å². The highest BCUT2D eigenvalue weighted by Crippen LogP contribution is 2.33. The van der Waals surface area contributed by atoms with Crippen LogP contribution in [-0.4, -0.2) is 41.4 Å². The number of rotatable bonds is 7. The minimum atomic E-state index is -0.902. The third kappa shape index (κ3) is 5.67. The van der Waals surface area contributed by atoms with E-state index in [0.29, 0.717) is 5.13 Å². The molecule has 36 heavy (non-hydrogen) atoms. The molecule has 2 fully saturated rings. The fraction of sp³-hybridized carbons (Fsp3) is 0.370. The lowest BCUT2D eigenvalue weighted by Gasteiger charge is -2.19. The molecule has 2 heterocycles. The van der Waals surface area contributed by atoms with E-state index in [1.54, 1.807) is 6.20 Å². The molecule has 0 bridgehead atoms. The summed E-state index contributed by atoms with van der Waals surface area (Å²) in [5.74, 6) is -2.00. The van der Waals surface area contributed by atoms with Crippen LogP contribution in [0, 0.1) is 5.82 Å². The second-order valence-electron chi connectivity index (χ2n) is 9.22. The van der Waals surface area contributed by atoms with Gasteiger partial charge in [0.05, 0.1) is 11.1 Å². The molecule has 9 heteroatoms. The summed E-state index contributed by atoms with van der Waals surface area (Å²) < 4.78 is 14.4. The van der Waals surface area contributed by atoms with Gasteiger partial charge in [0.1, 0.15) is 6.10 Å². The van der Waals surface area contributed by atoms with Crippen LogP contribution in [0.15, 0.2) is 47.8 Å². The molecule has 0 atom stereocenters. The summed E-state index contributed by atoms with van der Waals surface area (Å²) in [4.78, 5) is 26.0. The number of aromatic hydroxyl groups is 1. The van der Waals surface area contributed by atoms with Gasteiger partial charge in [0.25, 0.3) is 5.91 Å². The number of phenols is 1. The average molecular weight is 509 g/mol. The van der Waals surface area contributed by atoms with E-state index in [2.05, 4.69) is 32.5 Å². The summed E-state index contributed by atoms with van der Waals surface area (Å²) in [7, 11) is 0. The van der Waals surface area contributed by atoms with Gasteiger partial charge in [-0.2, -0.15) is 0 Å². The molecule has 1 aromatic heterocycles. The Balaban J connectivity index is 1.27. The Kier molecular flexibility index (Phi) is 7.46. The third-order valence-electron chi connectivity index (χ3n) is 6.64. The van der Waals surface area contributed by atoms with Crippen LogP contribution >= 0.6 is 11.3 Å². The van der Waals surface area contributed by atoms with Crippen molar-refractivity contribution >= 4 is 34.3 Å². The maximum absolute atomic E-state index is 14.4. The van der Waals surface area contributed by atoms with E-state index in [0.717, 1.165) is 55.3 Å². The molecule has 0 radical (unpaired) electrons. The van der Waals surface area contributed by atoms with Crippen molar-refractivity contribution in [2.75, 3.05) is 23.3 Å². The molecule has 5 rings (SSSR count). The topological polar surface area (TPSA) is 87.1 Å². The summed E-state index contributed by atoms with van der Waals surface area (Å²) in [5, 5.41) is 17.2. The Labute approximate surface area is 213 Å². The van der Waals surface area contributed by atoms with E-state index in [4.69, 9.17) is 4.84 Å². The van der Waals surface area contributed by atoms with Crippen LogP contribution in [0.5, 0.6) is 5.75 Å². The number of carbonyl (C=O) groups excluding carboxylic acids is 1. The van der Waals surface area contributed by atoms with Crippen molar-refractivity contribution in [3.63, 3.8) is 0 Å². The van der Waals surface area contributed by atoms with E-state index in [1.807, 2.05) is 12.1 Å². The van der Waals surface area contributed by atoms with Gasteiger partial charge in [-0.3, -0.25) is 10.1 Å². The summed E-state index contributed by atoms with van der Waals surface area (Å²) in [6.45, 7) is 2.13. The molecule has 1 aliphatic heterocycles. The Hall–Kier alpha value is -3.46. The predicted octanol–water partition coefficient (Wildman–Crippen LogP) is 6.19. The molecule has 3 aromatic rings. The number of halogens is 1. The number of hydrogen-bond acceptors (Lipinski definition) is 7. The van der Waals surface area contributed by atoms with E-state index >= 15 is 0 Å². The number of carbonyl (C=O) groups is 1. The number of amides is 1. The molecule has 1 aliphatic carbocycles. The fourth-order valence-corrected chi connectivity index (χ4v) is 5.47. The SMILES string of the molecule is O=C(Nc1ncc(-c2cccc(N3CCCC3)c2)s1)c1cc(F)c(O)c(/C=N/OC2CCCCC2)c1. The first-order chi connectivity index (χ1) is 17.6. The highest BCUT2D eigenvalue weighted by molar-refractivity contribution is 7.19. The maximum atomic E-state index is 14.4. The molecule has 2 aliphatic rings. The molecular weight excluding hydrogens is 479 g/mol. The summed E-state index contributed by atoms with van der Waals surface area (Å²) in [6.07, 6.45) is 10.7. The van der Waals surface area contributed by atoms with Gasteiger partial charge in [-0.05, 0) is 68.4 Å². The quantitative estimate of drug-likeness (QED) is 0.294. The smallest absolute Gasteiger partial charge is 0.257 e. The van der Waals surface area contributed by atoms with Crippen molar-refractivity contribution in [3.8, 4) is 16.2 Å². The molecule has 1 saturated heterocycles. The van der Waals surface area contributed by atoms with Crippen molar-refractivity contribution in [1.29, 1.82) is 0 Å². The van der Waals surface area contributed by atoms with Crippen molar-refractivity contribution in [1.82, 2.24) is 4.98 Å². The van der Waals surface area contributed by atoms with E-state index in [1.165, 1.54) is 48.6 Å². The number of oxime groups is 1. The second-order valence-corrected chi connectivity index (χ2v) is 10.3. The van der Waals surface area contributed by atoms with Crippen LogP contribution in [0.2, 0.25) is 0 Å². The highest BCUT2D eigenvalue weighted by Gasteiger charge is 2.18. The molecule has 7 nitrogen and oxygen atoms in total. The zero-order valence-corrected chi connectivity index (χ0v) is 20.8. The first-order valence-corrected chi connectivity index (χ1v) is 13.2. The lowest BCUT2D eigenvalue weighted by molar-refractivity contribution is 0.0340. The number of nitrogens with one attached hydrogen (secondary N) is 1. The van der Waals surface area contributed by atoms with Crippen LogP contribution in [0.1, 0.15) is 60.9 Å².